The fourth-order valence-electron chi connectivity index (χ4n) is 2.38. The van der Waals surface area contributed by atoms with Gasteiger partial charge in [0.05, 0.1) is 12.4 Å². The number of nitrogens with zero attached hydrogens (tertiary/aromatic N) is 1. The van der Waals surface area contributed by atoms with Crippen molar-refractivity contribution in [2.45, 2.75) is 43.4 Å². The molecule has 1 atom stereocenters. The number of carbonyl (C=O) groups is 1. The molecule has 0 bridgehead atoms. The highest BCUT2D eigenvalue weighted by atomic mass is 32.2. The van der Waals surface area contributed by atoms with Crippen LogP contribution in [0.25, 0.3) is 0 Å². The lowest BCUT2D eigenvalue weighted by Gasteiger charge is -2.28. The van der Waals surface area contributed by atoms with Crippen molar-refractivity contribution in [3.05, 3.63) is 0 Å². The summed E-state index contributed by atoms with van der Waals surface area (Å²) in [4.78, 5) is 13.8. The second-order valence-electron chi connectivity index (χ2n) is 4.84. The number of carbonyl (C=O) groups excluding carboxylic acids is 1. The van der Waals surface area contributed by atoms with E-state index in [1.165, 1.54) is 0 Å². The highest BCUT2D eigenvalue weighted by Crippen LogP contribution is 2.30. The smallest absolute Gasteiger partial charge is 0.241 e. The Hall–Kier alpha value is -0.620. The summed E-state index contributed by atoms with van der Waals surface area (Å²) in [5, 5.41) is 8.09. The van der Waals surface area contributed by atoms with E-state index in [1.54, 1.807) is 4.90 Å². The minimum Gasteiger partial charge on any atom is -0.395 e. The predicted octanol–water partition coefficient (Wildman–Crippen LogP) is -0.0630. The molecule has 0 aromatic rings. The van der Waals surface area contributed by atoms with Crippen LogP contribution in [0.3, 0.4) is 0 Å². The lowest BCUT2D eigenvalue weighted by molar-refractivity contribution is -0.132. The van der Waals surface area contributed by atoms with Crippen molar-refractivity contribution in [2.75, 3.05) is 18.9 Å². The van der Waals surface area contributed by atoms with Crippen molar-refractivity contribution in [1.29, 1.82) is 0 Å². The molecule has 1 amide bonds. The summed E-state index contributed by atoms with van der Waals surface area (Å²) in [5.41, 5.74) is 0. The molecule has 17 heavy (non-hydrogen) atoms. The molecule has 1 saturated carbocycles. The van der Waals surface area contributed by atoms with Gasteiger partial charge >= 0.3 is 0 Å². The lowest BCUT2D eigenvalue weighted by Crippen LogP contribution is -2.47. The van der Waals surface area contributed by atoms with E-state index in [4.69, 9.17) is 5.11 Å². The molecular formula is C11H19NO4S. The van der Waals surface area contributed by atoms with Gasteiger partial charge in [-0.15, -0.1) is 0 Å². The zero-order chi connectivity index (χ0) is 12.5. The number of sulfone groups is 1. The van der Waals surface area contributed by atoms with Gasteiger partial charge in [0.25, 0.3) is 0 Å². The molecule has 1 N–H and O–H groups in total. The summed E-state index contributed by atoms with van der Waals surface area (Å²) in [7, 11) is -3.26. The van der Waals surface area contributed by atoms with Crippen molar-refractivity contribution in [3.63, 3.8) is 0 Å². The van der Waals surface area contributed by atoms with Crippen molar-refractivity contribution in [1.82, 2.24) is 4.90 Å². The van der Waals surface area contributed by atoms with E-state index in [0.717, 1.165) is 19.3 Å². The van der Waals surface area contributed by atoms with Crippen molar-refractivity contribution >= 4 is 15.7 Å². The van der Waals surface area contributed by atoms with Crippen LogP contribution in [-0.4, -0.2) is 54.5 Å². The SMILES string of the molecule is O=C(C1CCCCS1(=O)=O)N(CCO)C1CC1. The first kappa shape index (κ1) is 12.8. The first-order chi connectivity index (χ1) is 8.06. The molecule has 0 radical (unpaired) electrons. The summed E-state index contributed by atoms with van der Waals surface area (Å²) in [6.45, 7) is 0.157. The first-order valence-electron chi connectivity index (χ1n) is 6.19. The van der Waals surface area contributed by atoms with Gasteiger partial charge in [-0.05, 0) is 25.7 Å². The fourth-order valence-corrected chi connectivity index (χ4v) is 4.24. The van der Waals surface area contributed by atoms with Gasteiger partial charge in [-0.1, -0.05) is 6.42 Å². The summed E-state index contributed by atoms with van der Waals surface area (Å²) in [5.74, 6) is -0.164. The van der Waals surface area contributed by atoms with E-state index in [9.17, 15) is 13.2 Å². The number of rotatable bonds is 4. The Labute approximate surface area is 102 Å². The van der Waals surface area contributed by atoms with Gasteiger partial charge in [-0.2, -0.15) is 0 Å². The Bertz CT molecular complexity index is 388. The summed E-state index contributed by atoms with van der Waals surface area (Å²) < 4.78 is 23.7. The quantitative estimate of drug-likeness (QED) is 0.769. The standard InChI is InChI=1S/C11H19NO4S/c13-7-6-12(9-4-5-9)11(14)10-3-1-2-8-17(10,15)16/h9-10,13H,1-8H2. The average molecular weight is 261 g/mol. The molecule has 0 aromatic carbocycles. The molecular weight excluding hydrogens is 242 g/mol. The third kappa shape index (κ3) is 2.80. The Kier molecular flexibility index (Phi) is 3.73. The Balaban J connectivity index is 2.11. The molecule has 6 heteroatoms. The van der Waals surface area contributed by atoms with Crippen molar-refractivity contribution in [2.24, 2.45) is 0 Å². The highest BCUT2D eigenvalue weighted by molar-refractivity contribution is 7.92. The van der Waals surface area contributed by atoms with Gasteiger partial charge in [0.2, 0.25) is 5.91 Å². The maximum Gasteiger partial charge on any atom is 0.241 e. The number of aliphatic hydroxyl groups is 1. The van der Waals surface area contributed by atoms with Gasteiger partial charge in [0.15, 0.2) is 9.84 Å². The minimum atomic E-state index is -3.26. The summed E-state index contributed by atoms with van der Waals surface area (Å²) in [6.07, 6.45) is 3.76. The first-order valence-corrected chi connectivity index (χ1v) is 7.90. The monoisotopic (exact) mass is 261 g/mol. The molecule has 2 aliphatic rings. The molecule has 1 saturated heterocycles. The molecule has 0 spiro atoms. The number of aliphatic hydroxyl groups excluding tert-OH is 1. The average Bonchev–Trinajstić information content (AvgIpc) is 3.08. The van der Waals surface area contributed by atoms with Crippen molar-refractivity contribution < 1.29 is 18.3 Å². The number of hydrogen-bond donors (Lipinski definition) is 1. The topological polar surface area (TPSA) is 74.7 Å². The van der Waals surface area contributed by atoms with Crippen LogP contribution in [0.1, 0.15) is 32.1 Å². The molecule has 2 fully saturated rings. The number of hydrogen-bond acceptors (Lipinski definition) is 4. The molecule has 5 nitrogen and oxygen atoms in total. The maximum absolute atomic E-state index is 12.2. The Morgan fingerprint density at radius 2 is 1.94 bits per heavy atom. The van der Waals surface area contributed by atoms with Crippen LogP contribution in [-0.2, 0) is 14.6 Å². The van der Waals surface area contributed by atoms with Crippen LogP contribution >= 0.6 is 0 Å². The van der Waals surface area contributed by atoms with Gasteiger partial charge < -0.3 is 10.0 Å². The molecule has 1 aliphatic carbocycles. The third-order valence-electron chi connectivity index (χ3n) is 3.47. The van der Waals surface area contributed by atoms with E-state index in [2.05, 4.69) is 0 Å². The zero-order valence-corrected chi connectivity index (χ0v) is 10.7. The van der Waals surface area contributed by atoms with Gasteiger partial charge in [-0.3, -0.25) is 4.79 Å². The van der Waals surface area contributed by atoms with Gasteiger partial charge in [0, 0.05) is 12.6 Å². The van der Waals surface area contributed by atoms with E-state index >= 15 is 0 Å². The van der Waals surface area contributed by atoms with Crippen LogP contribution < -0.4 is 0 Å². The molecule has 1 aliphatic heterocycles. The molecule has 98 valence electrons. The Morgan fingerprint density at radius 3 is 2.47 bits per heavy atom. The van der Waals surface area contributed by atoms with E-state index in [-0.39, 0.29) is 30.9 Å². The normalized spacial score (nSPS) is 27.7. The molecule has 0 aromatic heterocycles. The Morgan fingerprint density at radius 1 is 1.24 bits per heavy atom. The molecule has 1 unspecified atom stereocenters. The third-order valence-corrected chi connectivity index (χ3v) is 5.63. The second kappa shape index (κ2) is 4.94. The zero-order valence-electron chi connectivity index (χ0n) is 9.84. The van der Waals surface area contributed by atoms with Gasteiger partial charge in [0.1, 0.15) is 5.25 Å². The van der Waals surface area contributed by atoms with E-state index in [1.807, 2.05) is 0 Å². The molecule has 1 heterocycles. The number of amides is 1. The fraction of sp³-hybridized carbons (Fsp3) is 0.909. The van der Waals surface area contributed by atoms with Crippen LogP contribution in [0, 0.1) is 0 Å². The summed E-state index contributed by atoms with van der Waals surface area (Å²) in [6, 6.07) is 0.159. The van der Waals surface area contributed by atoms with E-state index < -0.39 is 15.1 Å². The minimum absolute atomic E-state index is 0.102. The van der Waals surface area contributed by atoms with Crippen LogP contribution in [0.5, 0.6) is 0 Å². The van der Waals surface area contributed by atoms with Crippen LogP contribution in [0.4, 0.5) is 0 Å². The summed E-state index contributed by atoms with van der Waals surface area (Å²) >= 11 is 0. The predicted molar refractivity (Wildman–Crippen MR) is 63.2 cm³/mol. The highest BCUT2D eigenvalue weighted by Gasteiger charge is 2.41. The molecule has 2 rings (SSSR count). The van der Waals surface area contributed by atoms with Crippen molar-refractivity contribution in [3.8, 4) is 0 Å². The lowest BCUT2D eigenvalue weighted by atomic mass is 10.1. The second-order valence-corrected chi connectivity index (χ2v) is 7.14. The van der Waals surface area contributed by atoms with E-state index in [0.29, 0.717) is 12.8 Å². The van der Waals surface area contributed by atoms with Crippen LogP contribution in [0.15, 0.2) is 0 Å². The maximum atomic E-state index is 12.2. The van der Waals surface area contributed by atoms with Gasteiger partial charge in [-0.25, -0.2) is 8.42 Å². The largest absolute Gasteiger partial charge is 0.395 e. The van der Waals surface area contributed by atoms with Crippen LogP contribution in [0.2, 0.25) is 0 Å².